The van der Waals surface area contributed by atoms with Gasteiger partial charge in [-0.3, -0.25) is 4.90 Å². The van der Waals surface area contributed by atoms with E-state index in [9.17, 15) is 0 Å². The first-order chi connectivity index (χ1) is 9.42. The molecule has 1 N–H and O–H groups in total. The minimum Gasteiger partial charge on any atom is -0.311 e. The molecule has 0 aromatic rings. The molecule has 1 saturated heterocycles. The molecule has 20 heavy (non-hydrogen) atoms. The second-order valence-electron chi connectivity index (χ2n) is 8.36. The molecule has 1 saturated carbocycles. The average molecular weight is 281 g/mol. The third-order valence-corrected chi connectivity index (χ3v) is 5.47. The van der Waals surface area contributed by atoms with E-state index in [0.29, 0.717) is 11.5 Å². The van der Waals surface area contributed by atoms with Gasteiger partial charge in [-0.15, -0.1) is 0 Å². The summed E-state index contributed by atoms with van der Waals surface area (Å²) < 4.78 is 0. The molecule has 2 atom stereocenters. The van der Waals surface area contributed by atoms with E-state index in [-0.39, 0.29) is 0 Å². The van der Waals surface area contributed by atoms with Crippen molar-refractivity contribution < 1.29 is 0 Å². The van der Waals surface area contributed by atoms with Crippen LogP contribution < -0.4 is 5.32 Å². The SMILES string of the molecule is CC(C)CC1(CN2CC(C)NCC2C(C)C)CCCC1. The van der Waals surface area contributed by atoms with E-state index in [1.807, 2.05) is 0 Å². The number of rotatable bonds is 5. The lowest BCUT2D eigenvalue weighted by Gasteiger charge is -2.46. The second-order valence-corrected chi connectivity index (χ2v) is 8.36. The van der Waals surface area contributed by atoms with Crippen molar-refractivity contribution in [2.24, 2.45) is 17.3 Å². The van der Waals surface area contributed by atoms with E-state index in [1.165, 1.54) is 51.7 Å². The molecule has 0 radical (unpaired) electrons. The zero-order valence-electron chi connectivity index (χ0n) is 14.4. The Bertz CT molecular complexity index is 292. The van der Waals surface area contributed by atoms with Gasteiger partial charge >= 0.3 is 0 Å². The fourth-order valence-electron chi connectivity index (χ4n) is 4.69. The van der Waals surface area contributed by atoms with Crippen molar-refractivity contribution in [2.45, 2.75) is 78.8 Å². The Balaban J connectivity index is 2.06. The summed E-state index contributed by atoms with van der Waals surface area (Å²) in [5.41, 5.74) is 0.623. The molecule has 2 rings (SSSR count). The molecule has 0 spiro atoms. The maximum absolute atomic E-state index is 3.68. The van der Waals surface area contributed by atoms with Gasteiger partial charge in [0.2, 0.25) is 0 Å². The van der Waals surface area contributed by atoms with E-state index < -0.39 is 0 Å². The Labute approximate surface area is 126 Å². The van der Waals surface area contributed by atoms with Crippen LogP contribution in [0, 0.1) is 17.3 Å². The highest BCUT2D eigenvalue weighted by atomic mass is 15.2. The quantitative estimate of drug-likeness (QED) is 0.821. The number of nitrogens with zero attached hydrogens (tertiary/aromatic N) is 1. The van der Waals surface area contributed by atoms with Crippen LogP contribution in [0.25, 0.3) is 0 Å². The third kappa shape index (κ3) is 3.98. The predicted octanol–water partition coefficient (Wildman–Crippen LogP) is 3.91. The summed E-state index contributed by atoms with van der Waals surface area (Å²) in [6.07, 6.45) is 7.28. The highest BCUT2D eigenvalue weighted by Crippen LogP contribution is 2.44. The molecule has 0 aromatic heterocycles. The van der Waals surface area contributed by atoms with Gasteiger partial charge in [-0.25, -0.2) is 0 Å². The van der Waals surface area contributed by atoms with Crippen LogP contribution in [-0.2, 0) is 0 Å². The van der Waals surface area contributed by atoms with Crippen molar-refractivity contribution in [3.8, 4) is 0 Å². The van der Waals surface area contributed by atoms with Gasteiger partial charge in [0.05, 0.1) is 0 Å². The summed E-state index contributed by atoms with van der Waals surface area (Å²) in [6.45, 7) is 15.7. The largest absolute Gasteiger partial charge is 0.311 e. The van der Waals surface area contributed by atoms with Crippen LogP contribution in [0.1, 0.15) is 66.7 Å². The Hall–Kier alpha value is -0.0800. The smallest absolute Gasteiger partial charge is 0.0244 e. The molecule has 0 amide bonds. The molecule has 1 aliphatic heterocycles. The van der Waals surface area contributed by atoms with E-state index >= 15 is 0 Å². The summed E-state index contributed by atoms with van der Waals surface area (Å²) in [7, 11) is 0. The molecule has 2 fully saturated rings. The van der Waals surface area contributed by atoms with E-state index in [1.54, 1.807) is 0 Å². The Morgan fingerprint density at radius 3 is 2.35 bits per heavy atom. The second kappa shape index (κ2) is 6.79. The maximum Gasteiger partial charge on any atom is 0.0244 e. The Morgan fingerprint density at radius 2 is 1.80 bits per heavy atom. The van der Waals surface area contributed by atoms with Gasteiger partial charge in [0.25, 0.3) is 0 Å². The predicted molar refractivity (Wildman–Crippen MR) is 88.0 cm³/mol. The fraction of sp³-hybridized carbons (Fsp3) is 1.00. The molecule has 2 aliphatic rings. The monoisotopic (exact) mass is 280 g/mol. The van der Waals surface area contributed by atoms with Gasteiger partial charge in [0.15, 0.2) is 0 Å². The summed E-state index contributed by atoms with van der Waals surface area (Å²) in [5.74, 6) is 1.60. The molecule has 2 nitrogen and oxygen atoms in total. The van der Waals surface area contributed by atoms with Crippen molar-refractivity contribution >= 4 is 0 Å². The molecule has 0 aromatic carbocycles. The van der Waals surface area contributed by atoms with Crippen molar-refractivity contribution in [3.05, 3.63) is 0 Å². The zero-order chi connectivity index (χ0) is 14.8. The molecule has 118 valence electrons. The summed E-state index contributed by atoms with van der Waals surface area (Å²) in [4.78, 5) is 2.83. The Kier molecular flexibility index (Phi) is 5.53. The first-order valence-corrected chi connectivity index (χ1v) is 8.89. The minimum atomic E-state index is 0.623. The van der Waals surface area contributed by atoms with E-state index in [4.69, 9.17) is 0 Å². The first kappa shape index (κ1) is 16.3. The first-order valence-electron chi connectivity index (χ1n) is 8.89. The minimum absolute atomic E-state index is 0.623. The van der Waals surface area contributed by atoms with Gasteiger partial charge < -0.3 is 5.32 Å². The molecule has 2 unspecified atom stereocenters. The highest BCUT2D eigenvalue weighted by molar-refractivity contribution is 4.93. The van der Waals surface area contributed by atoms with Gasteiger partial charge in [-0.2, -0.15) is 0 Å². The van der Waals surface area contributed by atoms with Gasteiger partial charge in [-0.05, 0) is 43.4 Å². The van der Waals surface area contributed by atoms with Crippen LogP contribution >= 0.6 is 0 Å². The lowest BCUT2D eigenvalue weighted by molar-refractivity contribution is 0.0444. The number of nitrogens with one attached hydrogen (secondary N) is 1. The van der Waals surface area contributed by atoms with E-state index in [0.717, 1.165) is 17.9 Å². The Morgan fingerprint density at radius 1 is 1.15 bits per heavy atom. The normalized spacial score (nSPS) is 31.4. The molecule has 2 heteroatoms. The van der Waals surface area contributed by atoms with Crippen LogP contribution in [0.4, 0.5) is 0 Å². The average Bonchev–Trinajstić information content (AvgIpc) is 2.75. The molecule has 1 aliphatic carbocycles. The third-order valence-electron chi connectivity index (χ3n) is 5.47. The van der Waals surface area contributed by atoms with Crippen LogP contribution in [0.3, 0.4) is 0 Å². The van der Waals surface area contributed by atoms with Crippen molar-refractivity contribution in [1.29, 1.82) is 0 Å². The molecular weight excluding hydrogens is 244 g/mol. The lowest BCUT2D eigenvalue weighted by Crippen LogP contribution is -2.59. The highest BCUT2D eigenvalue weighted by Gasteiger charge is 2.39. The lowest BCUT2D eigenvalue weighted by atomic mass is 9.77. The van der Waals surface area contributed by atoms with Crippen LogP contribution in [0.2, 0.25) is 0 Å². The van der Waals surface area contributed by atoms with Crippen molar-refractivity contribution in [2.75, 3.05) is 19.6 Å². The number of hydrogen-bond acceptors (Lipinski definition) is 2. The van der Waals surface area contributed by atoms with Crippen molar-refractivity contribution in [3.63, 3.8) is 0 Å². The van der Waals surface area contributed by atoms with Gasteiger partial charge in [0.1, 0.15) is 0 Å². The number of piperazine rings is 1. The van der Waals surface area contributed by atoms with Gasteiger partial charge in [-0.1, -0.05) is 40.5 Å². The van der Waals surface area contributed by atoms with Gasteiger partial charge in [0, 0.05) is 31.7 Å². The number of hydrogen-bond donors (Lipinski definition) is 1. The zero-order valence-corrected chi connectivity index (χ0v) is 14.4. The molecule has 1 heterocycles. The molecular formula is C18H36N2. The molecule has 0 bridgehead atoms. The standard InChI is InChI=1S/C18H36N2/c1-14(2)10-18(8-6-7-9-18)13-20-12-16(5)19-11-17(20)15(3)4/h14-17,19H,6-13H2,1-5H3. The summed E-state index contributed by atoms with van der Waals surface area (Å²) in [5, 5.41) is 3.68. The van der Waals surface area contributed by atoms with Crippen LogP contribution in [-0.4, -0.2) is 36.6 Å². The van der Waals surface area contributed by atoms with E-state index in [2.05, 4.69) is 44.8 Å². The fourth-order valence-corrected chi connectivity index (χ4v) is 4.69. The van der Waals surface area contributed by atoms with Crippen molar-refractivity contribution in [1.82, 2.24) is 10.2 Å². The maximum atomic E-state index is 3.68. The summed E-state index contributed by atoms with van der Waals surface area (Å²) in [6, 6.07) is 1.39. The van der Waals surface area contributed by atoms with Crippen LogP contribution in [0.15, 0.2) is 0 Å². The summed E-state index contributed by atoms with van der Waals surface area (Å²) >= 11 is 0. The topological polar surface area (TPSA) is 15.3 Å². The van der Waals surface area contributed by atoms with Crippen LogP contribution in [0.5, 0.6) is 0 Å².